The Bertz CT molecular complexity index is 1830. The summed E-state index contributed by atoms with van der Waals surface area (Å²) < 4.78 is 1.10. The Balaban J connectivity index is 0.000000124. The fourth-order valence-corrected chi connectivity index (χ4v) is 8.68. The maximum Gasteiger partial charge on any atom is 0.160 e. The Kier molecular flexibility index (Phi) is 9.59. The molecule has 2 aromatic heterocycles. The number of fused-ring (bicyclic) bond motifs is 6. The van der Waals surface area contributed by atoms with Crippen LogP contribution in [0.15, 0.2) is 87.7 Å². The van der Waals surface area contributed by atoms with E-state index < -0.39 is 0 Å². The van der Waals surface area contributed by atoms with Gasteiger partial charge in [0.25, 0.3) is 0 Å². The van der Waals surface area contributed by atoms with Crippen LogP contribution in [0.2, 0.25) is 0 Å². The van der Waals surface area contributed by atoms with Crippen LogP contribution in [0.1, 0.15) is 38.5 Å². The second-order valence-electron chi connectivity index (χ2n) is 13.7. The number of hydrogen-bond donors (Lipinski definition) is 2. The first-order valence-corrected chi connectivity index (χ1v) is 17.6. The van der Waals surface area contributed by atoms with E-state index in [4.69, 9.17) is 20.4 Å². The molecular formula is C36H42BrClN8O2. The lowest BCUT2D eigenvalue weighted by Gasteiger charge is -2.49. The monoisotopic (exact) mass is 732 g/mol. The molecule has 0 amide bonds. The van der Waals surface area contributed by atoms with E-state index in [1.54, 1.807) is 6.20 Å². The Morgan fingerprint density at radius 3 is 1.98 bits per heavy atom. The Morgan fingerprint density at radius 2 is 1.40 bits per heavy atom. The van der Waals surface area contributed by atoms with Gasteiger partial charge >= 0.3 is 0 Å². The third kappa shape index (κ3) is 6.76. The van der Waals surface area contributed by atoms with E-state index >= 15 is 0 Å². The van der Waals surface area contributed by atoms with Crippen LogP contribution in [-0.2, 0) is 9.68 Å². The number of halogens is 2. The van der Waals surface area contributed by atoms with Crippen molar-refractivity contribution in [3.05, 3.63) is 77.5 Å². The fourth-order valence-electron chi connectivity index (χ4n) is 8.30. The van der Waals surface area contributed by atoms with Gasteiger partial charge in [-0.1, -0.05) is 33.2 Å². The molecule has 2 atom stereocenters. The lowest BCUT2D eigenvalue weighted by atomic mass is 9.74. The molecule has 4 bridgehead atoms. The summed E-state index contributed by atoms with van der Waals surface area (Å²) in [4.78, 5) is 29.9. The zero-order chi connectivity index (χ0) is 31.8. The van der Waals surface area contributed by atoms with Crippen molar-refractivity contribution >= 4 is 67.5 Å². The van der Waals surface area contributed by atoms with Gasteiger partial charge in [0.05, 0.1) is 23.1 Å². The topological polar surface area (TPSA) is 113 Å². The van der Waals surface area contributed by atoms with Gasteiger partial charge in [0, 0.05) is 53.1 Å². The summed E-state index contributed by atoms with van der Waals surface area (Å²) >= 11 is 3.40. The van der Waals surface area contributed by atoms with Crippen molar-refractivity contribution in [3.8, 4) is 0 Å². The first kappa shape index (κ1) is 33.2. The minimum atomic E-state index is -0.0618. The first-order chi connectivity index (χ1) is 23.0. The smallest absolute Gasteiger partial charge is 0.160 e. The summed E-state index contributed by atoms with van der Waals surface area (Å²) in [6, 6.07) is 20.2. The van der Waals surface area contributed by atoms with Crippen LogP contribution in [0.5, 0.6) is 0 Å². The van der Waals surface area contributed by atoms with Gasteiger partial charge in [-0.2, -0.15) is 0 Å². The molecule has 8 aliphatic heterocycles. The third-order valence-electron chi connectivity index (χ3n) is 10.7. The molecule has 12 heteroatoms. The third-order valence-corrected chi connectivity index (χ3v) is 11.2. The SMILES string of the molecule is Brc1ccc2ncccc2c1.Cl.NC1=NO[C@@]2(C1)CN1CCC2CC1.c1cnc2ccc(N=C3C[C@@]4(CN5CCC4CC5)ON3)cc2c1. The Hall–Kier alpha value is -3.35. The number of nitrogens with two attached hydrogens (primary N) is 1. The average Bonchev–Trinajstić information content (AvgIpc) is 3.67. The van der Waals surface area contributed by atoms with Gasteiger partial charge < -0.3 is 15.5 Å². The fraction of sp³-hybridized carbons (Fsp3) is 0.444. The van der Waals surface area contributed by atoms with Crippen molar-refractivity contribution in [3.63, 3.8) is 0 Å². The second kappa shape index (κ2) is 13.9. The van der Waals surface area contributed by atoms with Crippen molar-refractivity contribution < 1.29 is 9.68 Å². The Labute approximate surface area is 295 Å². The second-order valence-corrected chi connectivity index (χ2v) is 14.7. The molecule has 2 spiro atoms. The number of aliphatic imine (C=N–C) groups is 1. The minimum Gasteiger partial charge on any atom is -0.386 e. The van der Waals surface area contributed by atoms with E-state index in [1.165, 1.54) is 57.2 Å². The normalized spacial score (nSPS) is 31.8. The average molecular weight is 734 g/mol. The van der Waals surface area contributed by atoms with E-state index in [-0.39, 0.29) is 23.6 Å². The zero-order valence-corrected chi connectivity index (χ0v) is 29.3. The number of piperidine rings is 6. The van der Waals surface area contributed by atoms with Gasteiger partial charge in [0.1, 0.15) is 17.3 Å². The van der Waals surface area contributed by atoms with Crippen LogP contribution < -0.4 is 11.2 Å². The van der Waals surface area contributed by atoms with E-state index in [0.29, 0.717) is 17.7 Å². The van der Waals surface area contributed by atoms with Crippen LogP contribution in [-0.4, -0.2) is 81.9 Å². The van der Waals surface area contributed by atoms with E-state index in [9.17, 15) is 0 Å². The largest absolute Gasteiger partial charge is 0.386 e. The molecule has 0 aliphatic carbocycles. The molecule has 4 aromatic rings. The van der Waals surface area contributed by atoms with Gasteiger partial charge in [-0.3, -0.25) is 25.2 Å². The number of amidine groups is 2. The van der Waals surface area contributed by atoms with Crippen LogP contribution >= 0.6 is 28.3 Å². The number of nitrogens with one attached hydrogen (secondary N) is 1. The lowest BCUT2D eigenvalue weighted by molar-refractivity contribution is -0.150. The standard InChI is InChI=1S/C18H20N4O.C9H6BrN.C9H15N3O.ClH/c1-2-13-10-15(3-4-16(13)19-7-1)20-17-11-18(23-21-17)12-22-8-5-14(18)6-9-22;10-8-3-4-9-7(6-8)2-1-5-11-9;10-8-5-9(13-11-8)6-12-3-1-7(9)2-4-12;/h1-4,7,10,14H,5-6,8-9,11-12H2,(H,20,21);1-6H;7H,1-6H2,(H2,10,11);1H/t18-;;9-;/m0.0./s1. The van der Waals surface area contributed by atoms with E-state index in [1.807, 2.05) is 48.7 Å². The van der Waals surface area contributed by atoms with Crippen molar-refractivity contribution in [2.45, 2.75) is 49.7 Å². The number of oxime groups is 1. The molecule has 10 heterocycles. The number of hydrogen-bond acceptors (Lipinski definition) is 9. The summed E-state index contributed by atoms with van der Waals surface area (Å²) in [5.74, 6) is 2.96. The molecule has 12 rings (SSSR count). The predicted octanol–water partition coefficient (Wildman–Crippen LogP) is 6.22. The van der Waals surface area contributed by atoms with Crippen molar-refractivity contribution in [2.75, 3.05) is 39.3 Å². The number of hydroxylamine groups is 1. The predicted molar refractivity (Wildman–Crippen MR) is 195 cm³/mol. The summed E-state index contributed by atoms with van der Waals surface area (Å²) in [6.07, 6.45) is 10.3. The number of nitrogens with zero attached hydrogens (tertiary/aromatic N) is 6. The molecule has 8 aliphatic rings. The van der Waals surface area contributed by atoms with E-state index in [2.05, 4.69) is 64.5 Å². The molecule has 252 valence electrons. The Morgan fingerprint density at radius 1 is 0.792 bits per heavy atom. The molecule has 10 nitrogen and oxygen atoms in total. The van der Waals surface area contributed by atoms with Crippen LogP contribution in [0.3, 0.4) is 0 Å². The number of aromatic nitrogens is 2. The molecule has 0 unspecified atom stereocenters. The first-order valence-electron chi connectivity index (χ1n) is 16.8. The number of rotatable bonds is 1. The van der Waals surface area contributed by atoms with Crippen molar-refractivity contribution in [1.29, 1.82) is 0 Å². The molecule has 0 radical (unpaired) electrons. The van der Waals surface area contributed by atoms with Crippen molar-refractivity contribution in [2.24, 2.45) is 27.7 Å². The van der Waals surface area contributed by atoms with Crippen molar-refractivity contribution in [1.82, 2.24) is 25.2 Å². The van der Waals surface area contributed by atoms with Gasteiger partial charge in [-0.15, -0.1) is 12.4 Å². The van der Waals surface area contributed by atoms with Gasteiger partial charge in [0.2, 0.25) is 0 Å². The highest BCUT2D eigenvalue weighted by Crippen LogP contribution is 2.43. The highest BCUT2D eigenvalue weighted by Gasteiger charge is 2.53. The highest BCUT2D eigenvalue weighted by atomic mass is 79.9. The van der Waals surface area contributed by atoms with Crippen LogP contribution in [0.4, 0.5) is 5.69 Å². The quantitative estimate of drug-likeness (QED) is 0.237. The molecule has 7 fully saturated rings. The maximum absolute atomic E-state index is 6.05. The minimum absolute atomic E-state index is 0. The summed E-state index contributed by atoms with van der Waals surface area (Å²) in [6.45, 7) is 6.97. The number of benzene rings is 2. The lowest BCUT2D eigenvalue weighted by Crippen LogP contribution is -2.59. The van der Waals surface area contributed by atoms with E-state index in [0.717, 1.165) is 58.3 Å². The molecule has 7 saturated heterocycles. The van der Waals surface area contributed by atoms with Gasteiger partial charge in [0.15, 0.2) is 5.60 Å². The van der Waals surface area contributed by atoms with Gasteiger partial charge in [-0.05, 0) is 106 Å². The summed E-state index contributed by atoms with van der Waals surface area (Å²) in [7, 11) is 0. The summed E-state index contributed by atoms with van der Waals surface area (Å²) in [5.41, 5.74) is 11.7. The van der Waals surface area contributed by atoms with Gasteiger partial charge in [-0.25, -0.2) is 4.99 Å². The molecule has 48 heavy (non-hydrogen) atoms. The summed E-state index contributed by atoms with van der Waals surface area (Å²) in [5, 5.41) is 6.18. The molecular weight excluding hydrogens is 692 g/mol. The zero-order valence-electron chi connectivity index (χ0n) is 26.9. The number of pyridine rings is 2. The highest BCUT2D eigenvalue weighted by molar-refractivity contribution is 9.10. The maximum atomic E-state index is 6.05. The molecule has 0 saturated carbocycles. The molecule has 3 N–H and O–H groups in total. The van der Waals surface area contributed by atoms with Crippen LogP contribution in [0.25, 0.3) is 21.8 Å². The molecule has 2 aromatic carbocycles. The van der Waals surface area contributed by atoms with Crippen LogP contribution in [0, 0.1) is 11.8 Å².